The molecule has 0 radical (unpaired) electrons. The number of rotatable bonds is 4. The van der Waals surface area contributed by atoms with Gasteiger partial charge in [-0.2, -0.15) is 4.39 Å². The third-order valence-corrected chi connectivity index (χ3v) is 2.31. The van der Waals surface area contributed by atoms with Crippen LogP contribution < -0.4 is 5.32 Å². The van der Waals surface area contributed by atoms with Gasteiger partial charge < -0.3 is 5.32 Å². The third kappa shape index (κ3) is 3.31. The van der Waals surface area contributed by atoms with Gasteiger partial charge in [0.2, 0.25) is 5.95 Å². The molecule has 0 saturated carbocycles. The van der Waals surface area contributed by atoms with E-state index in [0.29, 0.717) is 5.56 Å². The fourth-order valence-corrected chi connectivity index (χ4v) is 1.27. The van der Waals surface area contributed by atoms with Gasteiger partial charge in [0, 0.05) is 12.2 Å². The maximum atomic E-state index is 12.5. The van der Waals surface area contributed by atoms with E-state index in [0.717, 1.165) is 12.8 Å². The molecule has 1 rings (SSSR count). The highest BCUT2D eigenvalue weighted by Gasteiger charge is 2.10. The second kappa shape index (κ2) is 5.44. The molecule has 0 spiro atoms. The molecule has 0 bridgehead atoms. The molecule has 1 amide bonds. The zero-order valence-electron chi connectivity index (χ0n) is 8.96. The minimum Gasteiger partial charge on any atom is -0.349 e. The van der Waals surface area contributed by atoms with Crippen molar-refractivity contribution in [3.63, 3.8) is 0 Å². The maximum absolute atomic E-state index is 12.5. The van der Waals surface area contributed by atoms with Crippen LogP contribution in [0.15, 0.2) is 18.3 Å². The Morgan fingerprint density at radius 3 is 2.60 bits per heavy atom. The molecule has 4 heteroatoms. The van der Waals surface area contributed by atoms with E-state index in [9.17, 15) is 9.18 Å². The summed E-state index contributed by atoms with van der Waals surface area (Å²) in [5.41, 5.74) is 0.392. The Labute approximate surface area is 88.7 Å². The monoisotopic (exact) mass is 210 g/mol. The Morgan fingerprint density at radius 2 is 2.13 bits per heavy atom. The Balaban J connectivity index is 2.64. The highest BCUT2D eigenvalue weighted by atomic mass is 19.1. The first-order valence-electron chi connectivity index (χ1n) is 5.09. The molecule has 0 fully saturated rings. The number of halogens is 1. The van der Waals surface area contributed by atoms with Crippen molar-refractivity contribution in [2.75, 3.05) is 0 Å². The van der Waals surface area contributed by atoms with Crippen molar-refractivity contribution in [3.05, 3.63) is 29.8 Å². The quantitative estimate of drug-likeness (QED) is 0.773. The average Bonchev–Trinajstić information content (AvgIpc) is 2.26. The fraction of sp³-hybridized carbons (Fsp3) is 0.455. The number of pyridine rings is 1. The normalized spacial score (nSPS) is 10.4. The lowest BCUT2D eigenvalue weighted by molar-refractivity contribution is 0.0934. The zero-order chi connectivity index (χ0) is 11.3. The molecular weight excluding hydrogens is 195 g/mol. The Morgan fingerprint density at radius 1 is 1.47 bits per heavy atom. The number of carbonyl (C=O) groups excluding carboxylic acids is 1. The molecule has 1 aromatic rings. The highest BCUT2D eigenvalue weighted by Crippen LogP contribution is 2.02. The standard InChI is InChI=1S/C11H15FN2O/c1-3-9(4-2)14-11(15)8-5-6-10(12)13-7-8/h5-7,9H,3-4H2,1-2H3,(H,14,15). The summed E-state index contributed by atoms with van der Waals surface area (Å²) in [5, 5.41) is 2.85. The molecule has 0 aliphatic heterocycles. The van der Waals surface area contributed by atoms with E-state index in [-0.39, 0.29) is 11.9 Å². The summed E-state index contributed by atoms with van der Waals surface area (Å²) in [4.78, 5) is 15.0. The molecule has 1 aromatic heterocycles. The first-order chi connectivity index (χ1) is 7.17. The minimum atomic E-state index is -0.575. The molecule has 0 aromatic carbocycles. The number of amides is 1. The van der Waals surface area contributed by atoms with E-state index < -0.39 is 5.95 Å². The molecule has 82 valence electrons. The molecule has 0 aliphatic carbocycles. The largest absolute Gasteiger partial charge is 0.349 e. The van der Waals surface area contributed by atoms with Crippen molar-refractivity contribution in [2.24, 2.45) is 0 Å². The highest BCUT2D eigenvalue weighted by molar-refractivity contribution is 5.93. The summed E-state index contributed by atoms with van der Waals surface area (Å²) >= 11 is 0. The number of nitrogens with one attached hydrogen (secondary N) is 1. The van der Waals surface area contributed by atoms with E-state index in [4.69, 9.17) is 0 Å². The topological polar surface area (TPSA) is 42.0 Å². The van der Waals surface area contributed by atoms with Crippen LogP contribution in [0.2, 0.25) is 0 Å². The fourth-order valence-electron chi connectivity index (χ4n) is 1.27. The summed E-state index contributed by atoms with van der Waals surface area (Å²) in [5.74, 6) is -0.773. The third-order valence-electron chi connectivity index (χ3n) is 2.31. The molecule has 0 atom stereocenters. The van der Waals surface area contributed by atoms with Gasteiger partial charge in [-0.25, -0.2) is 4.98 Å². The van der Waals surface area contributed by atoms with Crippen LogP contribution in [0.1, 0.15) is 37.0 Å². The number of aromatic nitrogens is 1. The van der Waals surface area contributed by atoms with E-state index in [1.165, 1.54) is 18.3 Å². The van der Waals surface area contributed by atoms with Crippen molar-refractivity contribution < 1.29 is 9.18 Å². The molecule has 1 heterocycles. The summed E-state index contributed by atoms with van der Waals surface area (Å²) in [6.45, 7) is 4.02. The van der Waals surface area contributed by atoms with Crippen LogP contribution >= 0.6 is 0 Å². The maximum Gasteiger partial charge on any atom is 0.253 e. The minimum absolute atomic E-state index is 0.169. The van der Waals surface area contributed by atoms with Gasteiger partial charge in [-0.3, -0.25) is 4.79 Å². The van der Waals surface area contributed by atoms with Crippen LogP contribution in [-0.2, 0) is 0 Å². The van der Waals surface area contributed by atoms with Crippen molar-refractivity contribution in [1.29, 1.82) is 0 Å². The number of hydrogen-bond donors (Lipinski definition) is 1. The Hall–Kier alpha value is -1.45. The summed E-state index contributed by atoms with van der Waals surface area (Å²) in [6, 6.07) is 2.78. The number of carbonyl (C=O) groups is 1. The van der Waals surface area contributed by atoms with Crippen LogP contribution in [0.25, 0.3) is 0 Å². The zero-order valence-corrected chi connectivity index (χ0v) is 8.96. The lowest BCUT2D eigenvalue weighted by atomic mass is 10.1. The van der Waals surface area contributed by atoms with Gasteiger partial charge in [0.1, 0.15) is 0 Å². The van der Waals surface area contributed by atoms with Crippen LogP contribution in [0.3, 0.4) is 0 Å². The molecular formula is C11H15FN2O. The van der Waals surface area contributed by atoms with Gasteiger partial charge in [-0.05, 0) is 25.0 Å². The molecule has 0 unspecified atom stereocenters. The van der Waals surface area contributed by atoms with Gasteiger partial charge in [-0.1, -0.05) is 13.8 Å². The van der Waals surface area contributed by atoms with Crippen molar-refractivity contribution >= 4 is 5.91 Å². The van der Waals surface area contributed by atoms with E-state index in [1.54, 1.807) is 0 Å². The predicted octanol–water partition coefficient (Wildman–Crippen LogP) is 2.14. The SMILES string of the molecule is CCC(CC)NC(=O)c1ccc(F)nc1. The van der Waals surface area contributed by atoms with E-state index >= 15 is 0 Å². The first-order valence-corrected chi connectivity index (χ1v) is 5.09. The van der Waals surface area contributed by atoms with Gasteiger partial charge in [0.05, 0.1) is 5.56 Å². The average molecular weight is 210 g/mol. The van der Waals surface area contributed by atoms with Crippen molar-refractivity contribution in [1.82, 2.24) is 10.3 Å². The molecule has 1 N–H and O–H groups in total. The molecule has 0 aliphatic rings. The number of nitrogens with zero attached hydrogens (tertiary/aromatic N) is 1. The van der Waals surface area contributed by atoms with Gasteiger partial charge in [0.25, 0.3) is 5.91 Å². The van der Waals surface area contributed by atoms with E-state index in [1.807, 2.05) is 13.8 Å². The smallest absolute Gasteiger partial charge is 0.253 e. The first kappa shape index (κ1) is 11.6. The Kier molecular flexibility index (Phi) is 4.21. The van der Waals surface area contributed by atoms with Gasteiger partial charge in [-0.15, -0.1) is 0 Å². The molecule has 15 heavy (non-hydrogen) atoms. The summed E-state index contributed by atoms with van der Waals surface area (Å²) < 4.78 is 12.5. The second-order valence-corrected chi connectivity index (χ2v) is 3.36. The second-order valence-electron chi connectivity index (χ2n) is 3.36. The van der Waals surface area contributed by atoms with Crippen LogP contribution in [0, 0.1) is 5.95 Å². The molecule has 3 nitrogen and oxygen atoms in total. The lowest BCUT2D eigenvalue weighted by Gasteiger charge is -2.14. The van der Waals surface area contributed by atoms with Gasteiger partial charge >= 0.3 is 0 Å². The number of hydrogen-bond acceptors (Lipinski definition) is 2. The molecule has 0 saturated heterocycles. The van der Waals surface area contributed by atoms with Crippen molar-refractivity contribution in [3.8, 4) is 0 Å². The van der Waals surface area contributed by atoms with Gasteiger partial charge in [0.15, 0.2) is 0 Å². The van der Waals surface area contributed by atoms with Crippen LogP contribution in [-0.4, -0.2) is 16.9 Å². The van der Waals surface area contributed by atoms with Crippen LogP contribution in [0.4, 0.5) is 4.39 Å². The van der Waals surface area contributed by atoms with E-state index in [2.05, 4.69) is 10.3 Å². The van der Waals surface area contributed by atoms with Crippen molar-refractivity contribution in [2.45, 2.75) is 32.7 Å². The lowest BCUT2D eigenvalue weighted by Crippen LogP contribution is -2.33. The van der Waals surface area contributed by atoms with Crippen LogP contribution in [0.5, 0.6) is 0 Å². The summed E-state index contributed by atoms with van der Waals surface area (Å²) in [7, 11) is 0. The summed E-state index contributed by atoms with van der Waals surface area (Å²) in [6.07, 6.45) is 3.01. The predicted molar refractivity (Wildman–Crippen MR) is 56.0 cm³/mol. The Bertz CT molecular complexity index is 320.